The van der Waals surface area contributed by atoms with Gasteiger partial charge < -0.3 is 15.5 Å². The Morgan fingerprint density at radius 1 is 1.50 bits per heavy atom. The van der Waals surface area contributed by atoms with Gasteiger partial charge in [0.2, 0.25) is 5.91 Å². The van der Waals surface area contributed by atoms with Gasteiger partial charge in [0.05, 0.1) is 18.4 Å². The van der Waals surface area contributed by atoms with Gasteiger partial charge >= 0.3 is 6.03 Å². The molecule has 3 rings (SSSR count). The lowest BCUT2D eigenvalue weighted by Crippen LogP contribution is -2.45. The first-order valence-corrected chi connectivity index (χ1v) is 7.88. The van der Waals surface area contributed by atoms with Crippen LogP contribution in [0.3, 0.4) is 0 Å². The highest BCUT2D eigenvalue weighted by Gasteiger charge is 2.29. The van der Waals surface area contributed by atoms with Crippen molar-refractivity contribution in [2.24, 2.45) is 7.05 Å². The van der Waals surface area contributed by atoms with Crippen LogP contribution in [0.15, 0.2) is 6.20 Å². The fourth-order valence-corrected chi connectivity index (χ4v) is 2.98. The molecule has 7 heteroatoms. The van der Waals surface area contributed by atoms with Crippen molar-refractivity contribution in [2.75, 3.05) is 13.1 Å². The average molecular weight is 305 g/mol. The molecule has 1 aromatic heterocycles. The standard InChI is InChI=1S/C15H23N5O2/c1-10-7-14(21)16-5-6-20(10)15(22)17-9-13-12(11-3-4-11)8-18-19(13)2/h8,10-11H,3-7,9H2,1-2H3,(H,16,21)(H,17,22). The Kier molecular flexibility index (Phi) is 4.04. The van der Waals surface area contributed by atoms with E-state index in [9.17, 15) is 9.59 Å². The summed E-state index contributed by atoms with van der Waals surface area (Å²) < 4.78 is 1.84. The molecule has 1 saturated carbocycles. The van der Waals surface area contributed by atoms with Crippen LogP contribution < -0.4 is 10.6 Å². The maximum absolute atomic E-state index is 12.4. The zero-order valence-corrected chi connectivity index (χ0v) is 13.1. The largest absolute Gasteiger partial charge is 0.354 e. The molecule has 1 saturated heterocycles. The van der Waals surface area contributed by atoms with Gasteiger partial charge in [0.1, 0.15) is 0 Å². The second-order valence-electron chi connectivity index (χ2n) is 6.20. The van der Waals surface area contributed by atoms with Gasteiger partial charge in [-0.1, -0.05) is 0 Å². The van der Waals surface area contributed by atoms with Crippen LogP contribution in [0.1, 0.15) is 43.4 Å². The van der Waals surface area contributed by atoms with E-state index < -0.39 is 0 Å². The third-order valence-corrected chi connectivity index (χ3v) is 4.47. The van der Waals surface area contributed by atoms with Crippen LogP contribution in [0, 0.1) is 0 Å². The summed E-state index contributed by atoms with van der Waals surface area (Å²) in [6.45, 7) is 3.44. The number of urea groups is 1. The summed E-state index contributed by atoms with van der Waals surface area (Å²) in [5.41, 5.74) is 2.33. The predicted molar refractivity (Wildman–Crippen MR) is 81.2 cm³/mol. The van der Waals surface area contributed by atoms with Crippen LogP contribution in [-0.2, 0) is 18.4 Å². The van der Waals surface area contributed by atoms with Gasteiger partial charge in [-0.2, -0.15) is 5.10 Å². The number of nitrogens with zero attached hydrogens (tertiary/aromatic N) is 3. The van der Waals surface area contributed by atoms with Gasteiger partial charge in [-0.25, -0.2) is 4.79 Å². The minimum atomic E-state index is -0.119. The van der Waals surface area contributed by atoms with Crippen molar-refractivity contribution in [1.82, 2.24) is 25.3 Å². The minimum Gasteiger partial charge on any atom is -0.354 e. The normalized spacial score (nSPS) is 22.2. The van der Waals surface area contributed by atoms with Crippen molar-refractivity contribution in [2.45, 2.75) is 44.7 Å². The summed E-state index contributed by atoms with van der Waals surface area (Å²) in [7, 11) is 1.91. The lowest BCUT2D eigenvalue weighted by Gasteiger charge is -2.26. The minimum absolute atomic E-state index is 0.00505. The summed E-state index contributed by atoms with van der Waals surface area (Å²) >= 11 is 0. The first-order chi connectivity index (χ1) is 10.6. The highest BCUT2D eigenvalue weighted by atomic mass is 16.2. The number of aromatic nitrogens is 2. The van der Waals surface area contributed by atoms with E-state index in [2.05, 4.69) is 15.7 Å². The van der Waals surface area contributed by atoms with E-state index >= 15 is 0 Å². The lowest BCUT2D eigenvalue weighted by atomic mass is 10.1. The van der Waals surface area contributed by atoms with E-state index in [1.807, 2.05) is 24.9 Å². The molecule has 0 radical (unpaired) electrons. The average Bonchev–Trinajstić information content (AvgIpc) is 3.26. The summed E-state index contributed by atoms with van der Waals surface area (Å²) in [6, 6.07) is -0.205. The molecule has 1 aliphatic carbocycles. The van der Waals surface area contributed by atoms with Crippen molar-refractivity contribution >= 4 is 11.9 Å². The Balaban J connectivity index is 1.62. The number of amides is 3. The molecule has 0 bridgehead atoms. The smallest absolute Gasteiger partial charge is 0.318 e. The van der Waals surface area contributed by atoms with Crippen molar-refractivity contribution in [3.8, 4) is 0 Å². The molecule has 1 aliphatic heterocycles. The molecule has 1 aromatic rings. The molecule has 2 aliphatic rings. The van der Waals surface area contributed by atoms with E-state index in [0.29, 0.717) is 32.0 Å². The monoisotopic (exact) mass is 305 g/mol. The number of rotatable bonds is 3. The summed E-state index contributed by atoms with van der Waals surface area (Å²) in [6.07, 6.45) is 4.69. The van der Waals surface area contributed by atoms with Crippen LogP contribution in [0.2, 0.25) is 0 Å². The molecule has 2 fully saturated rings. The Morgan fingerprint density at radius 3 is 3.00 bits per heavy atom. The molecule has 0 aromatic carbocycles. The molecule has 120 valence electrons. The molecular formula is C15H23N5O2. The first kappa shape index (κ1) is 14.9. The number of aryl methyl sites for hydroxylation is 1. The Bertz CT molecular complexity index is 578. The number of nitrogens with one attached hydrogen (secondary N) is 2. The third kappa shape index (κ3) is 3.08. The van der Waals surface area contributed by atoms with E-state index in [0.717, 1.165) is 5.69 Å². The second-order valence-corrected chi connectivity index (χ2v) is 6.20. The van der Waals surface area contributed by atoms with E-state index in [4.69, 9.17) is 0 Å². The summed E-state index contributed by atoms with van der Waals surface area (Å²) in [5, 5.41) is 10.1. The topological polar surface area (TPSA) is 79.3 Å². The Labute approximate surface area is 130 Å². The van der Waals surface area contributed by atoms with Gasteiger partial charge in [0.25, 0.3) is 0 Å². The van der Waals surface area contributed by atoms with Crippen LogP contribution in [0.5, 0.6) is 0 Å². The molecule has 1 atom stereocenters. The first-order valence-electron chi connectivity index (χ1n) is 7.88. The highest BCUT2D eigenvalue weighted by molar-refractivity contribution is 5.80. The fraction of sp³-hybridized carbons (Fsp3) is 0.667. The van der Waals surface area contributed by atoms with E-state index in [1.54, 1.807) is 4.90 Å². The van der Waals surface area contributed by atoms with Gasteiger partial charge in [-0.3, -0.25) is 9.48 Å². The quantitative estimate of drug-likeness (QED) is 0.863. The molecule has 0 spiro atoms. The fourth-order valence-electron chi connectivity index (χ4n) is 2.98. The van der Waals surface area contributed by atoms with Gasteiger partial charge in [-0.15, -0.1) is 0 Å². The maximum atomic E-state index is 12.4. The van der Waals surface area contributed by atoms with E-state index in [1.165, 1.54) is 18.4 Å². The van der Waals surface area contributed by atoms with Crippen LogP contribution in [0.25, 0.3) is 0 Å². The number of hydrogen-bond acceptors (Lipinski definition) is 3. The predicted octanol–water partition coefficient (Wildman–Crippen LogP) is 0.717. The Morgan fingerprint density at radius 2 is 2.27 bits per heavy atom. The van der Waals surface area contributed by atoms with Crippen LogP contribution in [-0.4, -0.2) is 45.8 Å². The van der Waals surface area contributed by atoms with E-state index in [-0.39, 0.29) is 18.0 Å². The van der Waals surface area contributed by atoms with Crippen LogP contribution in [0.4, 0.5) is 4.79 Å². The number of carbonyl (C=O) groups excluding carboxylic acids is 2. The van der Waals surface area contributed by atoms with Gasteiger partial charge in [0, 0.05) is 32.6 Å². The number of hydrogen-bond donors (Lipinski definition) is 2. The SMILES string of the molecule is CC1CC(=O)NCCN1C(=O)NCc1c(C2CC2)cnn1C. The highest BCUT2D eigenvalue weighted by Crippen LogP contribution is 2.41. The Hall–Kier alpha value is -2.05. The van der Waals surface area contributed by atoms with Crippen molar-refractivity contribution in [1.29, 1.82) is 0 Å². The molecule has 2 N–H and O–H groups in total. The van der Waals surface area contributed by atoms with Crippen LogP contribution >= 0.6 is 0 Å². The zero-order chi connectivity index (χ0) is 15.7. The van der Waals surface area contributed by atoms with Gasteiger partial charge in [-0.05, 0) is 31.2 Å². The molecule has 7 nitrogen and oxygen atoms in total. The van der Waals surface area contributed by atoms with Crippen molar-refractivity contribution < 1.29 is 9.59 Å². The maximum Gasteiger partial charge on any atom is 0.318 e. The molecule has 3 amide bonds. The summed E-state index contributed by atoms with van der Waals surface area (Å²) in [5.74, 6) is 0.616. The zero-order valence-electron chi connectivity index (χ0n) is 13.1. The van der Waals surface area contributed by atoms with Crippen molar-refractivity contribution in [3.05, 3.63) is 17.5 Å². The lowest BCUT2D eigenvalue weighted by molar-refractivity contribution is -0.121. The molecule has 2 heterocycles. The second kappa shape index (κ2) is 5.98. The van der Waals surface area contributed by atoms with Crippen molar-refractivity contribution in [3.63, 3.8) is 0 Å². The molecule has 22 heavy (non-hydrogen) atoms. The third-order valence-electron chi connectivity index (χ3n) is 4.47. The van der Waals surface area contributed by atoms with Gasteiger partial charge in [0.15, 0.2) is 0 Å². The molecular weight excluding hydrogens is 282 g/mol. The number of carbonyl (C=O) groups is 2. The summed E-state index contributed by atoms with van der Waals surface area (Å²) in [4.78, 5) is 25.6. The molecule has 1 unspecified atom stereocenters.